The molecule has 2 saturated heterocycles. The van der Waals surface area contributed by atoms with Crippen molar-refractivity contribution in [1.82, 2.24) is 4.90 Å². The number of nitrogens with zero attached hydrogens (tertiary/aromatic N) is 1. The van der Waals surface area contributed by atoms with E-state index >= 15 is 0 Å². The summed E-state index contributed by atoms with van der Waals surface area (Å²) in [6, 6.07) is 0.380. The first-order chi connectivity index (χ1) is 8.04. The number of nitrogens with two attached hydrogens (primary N) is 1. The quantitative estimate of drug-likeness (QED) is 0.787. The molecule has 0 aromatic carbocycles. The topological polar surface area (TPSA) is 55.6 Å². The molecule has 0 aromatic heterocycles. The van der Waals surface area contributed by atoms with E-state index in [0.717, 1.165) is 19.4 Å². The number of ether oxygens (including phenoxy) is 1. The maximum absolute atomic E-state index is 12.6. The first-order valence-electron chi connectivity index (χ1n) is 6.72. The van der Waals surface area contributed by atoms with Crippen molar-refractivity contribution in [2.75, 3.05) is 19.8 Å². The van der Waals surface area contributed by atoms with Crippen LogP contribution in [0, 0.1) is 5.92 Å². The Morgan fingerprint density at radius 3 is 2.65 bits per heavy atom. The third-order valence-corrected chi connectivity index (χ3v) is 4.14. The van der Waals surface area contributed by atoms with Crippen LogP contribution in [-0.2, 0) is 9.53 Å². The highest BCUT2D eigenvalue weighted by Crippen LogP contribution is 2.29. The van der Waals surface area contributed by atoms with Crippen LogP contribution in [0.4, 0.5) is 0 Å². The highest BCUT2D eigenvalue weighted by molar-refractivity contribution is 5.86. The van der Waals surface area contributed by atoms with Crippen molar-refractivity contribution in [3.05, 3.63) is 0 Å². The SMILES string of the molecule is CC(C)C1CCCN1C(=O)C1(N)CCOCC1. The van der Waals surface area contributed by atoms with E-state index in [1.54, 1.807) is 0 Å². The first kappa shape index (κ1) is 12.8. The lowest BCUT2D eigenvalue weighted by Crippen LogP contribution is -2.59. The van der Waals surface area contributed by atoms with Gasteiger partial charge in [-0.2, -0.15) is 0 Å². The van der Waals surface area contributed by atoms with Gasteiger partial charge in [0.15, 0.2) is 0 Å². The molecule has 0 bridgehead atoms. The summed E-state index contributed by atoms with van der Waals surface area (Å²) in [6.45, 7) is 6.47. The number of hydrogen-bond acceptors (Lipinski definition) is 3. The Morgan fingerprint density at radius 2 is 2.06 bits per heavy atom. The predicted molar refractivity (Wildman–Crippen MR) is 66.5 cm³/mol. The van der Waals surface area contributed by atoms with Gasteiger partial charge in [0, 0.05) is 25.8 Å². The zero-order valence-corrected chi connectivity index (χ0v) is 10.9. The smallest absolute Gasteiger partial charge is 0.243 e. The average Bonchev–Trinajstić information content (AvgIpc) is 2.77. The molecule has 1 unspecified atom stereocenters. The Morgan fingerprint density at radius 1 is 1.41 bits per heavy atom. The van der Waals surface area contributed by atoms with Gasteiger partial charge < -0.3 is 15.4 Å². The van der Waals surface area contributed by atoms with E-state index in [1.165, 1.54) is 0 Å². The average molecular weight is 240 g/mol. The van der Waals surface area contributed by atoms with E-state index in [0.29, 0.717) is 38.0 Å². The zero-order chi connectivity index (χ0) is 12.5. The van der Waals surface area contributed by atoms with E-state index in [-0.39, 0.29) is 5.91 Å². The van der Waals surface area contributed by atoms with Gasteiger partial charge in [0.25, 0.3) is 0 Å². The van der Waals surface area contributed by atoms with Crippen molar-refractivity contribution in [3.63, 3.8) is 0 Å². The predicted octanol–water partition coefficient (Wildman–Crippen LogP) is 1.14. The van der Waals surface area contributed by atoms with Gasteiger partial charge in [-0.3, -0.25) is 4.79 Å². The molecule has 4 nitrogen and oxygen atoms in total. The molecule has 0 spiro atoms. The Bertz CT molecular complexity index is 285. The van der Waals surface area contributed by atoms with Gasteiger partial charge in [0.1, 0.15) is 0 Å². The summed E-state index contributed by atoms with van der Waals surface area (Å²) in [5, 5.41) is 0. The zero-order valence-electron chi connectivity index (χ0n) is 10.9. The van der Waals surface area contributed by atoms with Crippen molar-refractivity contribution in [2.24, 2.45) is 11.7 Å². The molecule has 98 valence electrons. The fourth-order valence-electron chi connectivity index (χ4n) is 2.97. The fourth-order valence-corrected chi connectivity index (χ4v) is 2.97. The first-order valence-corrected chi connectivity index (χ1v) is 6.72. The molecule has 17 heavy (non-hydrogen) atoms. The number of carbonyl (C=O) groups is 1. The molecular formula is C13H24N2O2. The van der Waals surface area contributed by atoms with Gasteiger partial charge in [0.05, 0.1) is 5.54 Å². The van der Waals surface area contributed by atoms with Crippen LogP contribution in [0.2, 0.25) is 0 Å². The minimum atomic E-state index is -0.671. The second-order valence-electron chi connectivity index (χ2n) is 5.72. The van der Waals surface area contributed by atoms with Crippen LogP contribution in [-0.4, -0.2) is 42.1 Å². The van der Waals surface area contributed by atoms with E-state index in [1.807, 2.05) is 4.90 Å². The highest BCUT2D eigenvalue weighted by atomic mass is 16.5. The highest BCUT2D eigenvalue weighted by Gasteiger charge is 2.42. The third-order valence-electron chi connectivity index (χ3n) is 4.14. The van der Waals surface area contributed by atoms with Crippen LogP contribution >= 0.6 is 0 Å². The van der Waals surface area contributed by atoms with Crippen LogP contribution in [0.5, 0.6) is 0 Å². The van der Waals surface area contributed by atoms with E-state index in [9.17, 15) is 4.79 Å². The van der Waals surface area contributed by atoms with E-state index < -0.39 is 5.54 Å². The molecule has 2 aliphatic heterocycles. The molecule has 2 fully saturated rings. The van der Waals surface area contributed by atoms with Gasteiger partial charge in [-0.25, -0.2) is 0 Å². The second kappa shape index (κ2) is 4.94. The van der Waals surface area contributed by atoms with Crippen LogP contribution < -0.4 is 5.73 Å². The standard InChI is InChI=1S/C13H24N2O2/c1-10(2)11-4-3-7-15(11)12(16)13(14)5-8-17-9-6-13/h10-11H,3-9,14H2,1-2H3. The van der Waals surface area contributed by atoms with E-state index in [4.69, 9.17) is 10.5 Å². The maximum atomic E-state index is 12.6. The summed E-state index contributed by atoms with van der Waals surface area (Å²) in [6.07, 6.45) is 3.55. The number of amides is 1. The summed E-state index contributed by atoms with van der Waals surface area (Å²) in [5.74, 6) is 0.668. The Hall–Kier alpha value is -0.610. The number of likely N-dealkylation sites (tertiary alicyclic amines) is 1. The largest absolute Gasteiger partial charge is 0.381 e. The van der Waals surface area contributed by atoms with Gasteiger partial charge in [-0.15, -0.1) is 0 Å². The number of hydrogen-bond donors (Lipinski definition) is 1. The van der Waals surface area contributed by atoms with Gasteiger partial charge >= 0.3 is 0 Å². The minimum absolute atomic E-state index is 0.150. The van der Waals surface area contributed by atoms with Crippen LogP contribution in [0.25, 0.3) is 0 Å². The van der Waals surface area contributed by atoms with Crippen molar-refractivity contribution in [3.8, 4) is 0 Å². The summed E-state index contributed by atoms with van der Waals surface area (Å²) >= 11 is 0. The summed E-state index contributed by atoms with van der Waals surface area (Å²) in [5.41, 5.74) is 5.60. The summed E-state index contributed by atoms with van der Waals surface area (Å²) in [7, 11) is 0. The lowest BCUT2D eigenvalue weighted by Gasteiger charge is -2.38. The molecule has 0 aliphatic carbocycles. The van der Waals surface area contributed by atoms with Crippen molar-refractivity contribution in [2.45, 2.75) is 51.1 Å². The lowest BCUT2D eigenvalue weighted by molar-refractivity contribution is -0.142. The fraction of sp³-hybridized carbons (Fsp3) is 0.923. The minimum Gasteiger partial charge on any atom is -0.381 e. The van der Waals surface area contributed by atoms with Crippen molar-refractivity contribution in [1.29, 1.82) is 0 Å². The van der Waals surface area contributed by atoms with Crippen LogP contribution in [0.3, 0.4) is 0 Å². The Labute approximate surface area is 103 Å². The third kappa shape index (κ3) is 2.47. The molecule has 0 radical (unpaired) electrons. The molecule has 2 aliphatic rings. The molecule has 2 N–H and O–H groups in total. The molecule has 2 heterocycles. The Balaban J connectivity index is 2.08. The molecule has 1 atom stereocenters. The lowest BCUT2D eigenvalue weighted by atomic mass is 9.88. The summed E-state index contributed by atoms with van der Waals surface area (Å²) in [4.78, 5) is 14.6. The second-order valence-corrected chi connectivity index (χ2v) is 5.72. The maximum Gasteiger partial charge on any atom is 0.243 e. The molecule has 0 aromatic rings. The molecule has 0 saturated carbocycles. The van der Waals surface area contributed by atoms with E-state index in [2.05, 4.69) is 13.8 Å². The Kier molecular flexibility index (Phi) is 3.73. The normalized spacial score (nSPS) is 28.7. The van der Waals surface area contributed by atoms with Crippen LogP contribution in [0.15, 0.2) is 0 Å². The van der Waals surface area contributed by atoms with Gasteiger partial charge in [-0.1, -0.05) is 13.8 Å². The summed E-state index contributed by atoms with van der Waals surface area (Å²) < 4.78 is 5.30. The molecule has 2 rings (SSSR count). The molecule has 4 heteroatoms. The van der Waals surface area contributed by atoms with Gasteiger partial charge in [-0.05, 0) is 31.6 Å². The number of carbonyl (C=O) groups excluding carboxylic acids is 1. The van der Waals surface area contributed by atoms with Crippen molar-refractivity contribution < 1.29 is 9.53 Å². The monoisotopic (exact) mass is 240 g/mol. The van der Waals surface area contributed by atoms with Gasteiger partial charge in [0.2, 0.25) is 5.91 Å². The molecular weight excluding hydrogens is 216 g/mol. The molecule has 1 amide bonds. The van der Waals surface area contributed by atoms with Crippen molar-refractivity contribution >= 4 is 5.91 Å². The number of rotatable bonds is 2. The van der Waals surface area contributed by atoms with Crippen LogP contribution in [0.1, 0.15) is 39.5 Å².